The summed E-state index contributed by atoms with van der Waals surface area (Å²) in [4.78, 5) is 4.65. The van der Waals surface area contributed by atoms with Crippen molar-refractivity contribution in [1.82, 2.24) is 9.13 Å². The SMILES string of the molecule is [C-]#[N+]c1c(-c2ccccc2)c(C#N)c(-n2c3c(ccc4c5ccccc5sc43)c3ccc4c5ccccc5sc4c32)c(-c2ccccc2)c1-n1c2cc(-c3ccccc3)ccc2c2ccc(-c3ccccc3)cc21. The van der Waals surface area contributed by atoms with Gasteiger partial charge in [-0.1, -0.05) is 206 Å². The third-order valence-corrected chi connectivity index (χ3v) is 17.4. The summed E-state index contributed by atoms with van der Waals surface area (Å²) in [5.74, 6) is 0. The van der Waals surface area contributed by atoms with Crippen LogP contribution in [0.1, 0.15) is 5.56 Å². The van der Waals surface area contributed by atoms with Crippen LogP contribution in [0, 0.1) is 17.9 Å². The number of thiophene rings is 2. The maximum Gasteiger partial charge on any atom is 0.220 e. The molecule has 15 rings (SSSR count). The second-order valence-electron chi connectivity index (χ2n) is 18.9. The molecule has 0 saturated heterocycles. The second-order valence-corrected chi connectivity index (χ2v) is 21.0. The van der Waals surface area contributed by atoms with E-state index in [1.54, 1.807) is 22.7 Å². The molecule has 0 unspecified atom stereocenters. The van der Waals surface area contributed by atoms with Crippen LogP contribution in [0.3, 0.4) is 0 Å². The third kappa shape index (κ3) is 6.11. The predicted octanol–water partition coefficient (Wildman–Crippen LogP) is 19.7. The maximum absolute atomic E-state index is 12.3. The van der Waals surface area contributed by atoms with E-state index < -0.39 is 0 Å². The van der Waals surface area contributed by atoms with E-state index in [1.165, 1.54) is 30.9 Å². The minimum Gasteiger partial charge on any atom is -0.318 e. The molecule has 0 amide bonds. The van der Waals surface area contributed by atoms with Crippen LogP contribution in [0.4, 0.5) is 5.69 Å². The number of benzene rings is 11. The van der Waals surface area contributed by atoms with E-state index in [-0.39, 0.29) is 0 Å². The second kappa shape index (κ2) is 16.5. The summed E-state index contributed by atoms with van der Waals surface area (Å²) in [5.41, 5.74) is 13.7. The van der Waals surface area contributed by atoms with Gasteiger partial charge in [0.05, 0.1) is 55.0 Å². The molecule has 0 bridgehead atoms. The molecule has 0 aliphatic heterocycles. The van der Waals surface area contributed by atoms with Crippen molar-refractivity contribution in [3.8, 4) is 62.0 Å². The molecule has 4 aromatic heterocycles. The maximum atomic E-state index is 12.3. The fourth-order valence-corrected chi connectivity index (χ4v) is 14.3. The van der Waals surface area contributed by atoms with Crippen LogP contribution >= 0.6 is 22.7 Å². The highest BCUT2D eigenvalue weighted by Gasteiger charge is 2.33. The van der Waals surface area contributed by atoms with Crippen LogP contribution in [0.25, 0.3) is 145 Å². The molecule has 4 heterocycles. The summed E-state index contributed by atoms with van der Waals surface area (Å²) in [7, 11) is 0. The van der Waals surface area contributed by atoms with Gasteiger partial charge in [-0.2, -0.15) is 5.26 Å². The zero-order valence-electron chi connectivity index (χ0n) is 39.5. The van der Waals surface area contributed by atoms with E-state index in [4.69, 9.17) is 0 Å². The Hall–Kier alpha value is -9.56. The lowest BCUT2D eigenvalue weighted by Gasteiger charge is -2.26. The summed E-state index contributed by atoms with van der Waals surface area (Å²) in [5, 5.41) is 21.4. The summed E-state index contributed by atoms with van der Waals surface area (Å²) >= 11 is 3.60. The van der Waals surface area contributed by atoms with Gasteiger partial charge >= 0.3 is 0 Å². The highest BCUT2D eigenvalue weighted by atomic mass is 32.1. The van der Waals surface area contributed by atoms with Gasteiger partial charge in [-0.25, -0.2) is 4.85 Å². The Bertz CT molecular complexity index is 4670. The molecule has 0 aliphatic rings. The van der Waals surface area contributed by atoms with Gasteiger partial charge in [0.2, 0.25) is 5.69 Å². The summed E-state index contributed by atoms with van der Waals surface area (Å²) in [6.45, 7) is 9.52. The molecule has 15 aromatic rings. The zero-order chi connectivity index (χ0) is 49.0. The molecule has 0 aliphatic carbocycles. The first-order valence-corrected chi connectivity index (χ1v) is 26.3. The first-order valence-electron chi connectivity index (χ1n) is 24.7. The minimum absolute atomic E-state index is 0.407. The molecule has 0 fully saturated rings. The molecule has 4 nitrogen and oxygen atoms in total. The Labute approximate surface area is 433 Å². The molecule has 342 valence electrons. The normalized spacial score (nSPS) is 11.8. The van der Waals surface area contributed by atoms with Gasteiger partial charge in [-0.05, 0) is 57.6 Å². The highest BCUT2D eigenvalue weighted by molar-refractivity contribution is 7.27. The van der Waals surface area contributed by atoms with Crippen molar-refractivity contribution in [2.24, 2.45) is 0 Å². The van der Waals surface area contributed by atoms with E-state index in [2.05, 4.69) is 214 Å². The van der Waals surface area contributed by atoms with Crippen LogP contribution in [0.15, 0.2) is 231 Å². The molecule has 6 heteroatoms. The Morgan fingerprint density at radius 2 is 0.770 bits per heavy atom. The number of nitriles is 1. The lowest BCUT2D eigenvalue weighted by molar-refractivity contribution is 1.14. The number of fused-ring (bicyclic) bond motifs is 14. The molecule has 0 radical (unpaired) electrons. The van der Waals surface area contributed by atoms with Crippen molar-refractivity contribution < 1.29 is 0 Å². The van der Waals surface area contributed by atoms with Gasteiger partial charge in [-0.3, -0.25) is 0 Å². The first-order chi connectivity index (χ1) is 36.7. The predicted molar refractivity (Wildman–Crippen MR) is 314 cm³/mol. The molecule has 0 spiro atoms. The smallest absolute Gasteiger partial charge is 0.220 e. The summed E-state index contributed by atoms with van der Waals surface area (Å²) in [6, 6.07) is 84.5. The largest absolute Gasteiger partial charge is 0.318 e. The van der Waals surface area contributed by atoms with E-state index >= 15 is 0 Å². The lowest BCUT2D eigenvalue weighted by atomic mass is 9.88. The summed E-state index contributed by atoms with van der Waals surface area (Å²) < 4.78 is 9.49. The monoisotopic (exact) mass is 974 g/mol. The fourth-order valence-electron chi connectivity index (χ4n) is 11.8. The van der Waals surface area contributed by atoms with Crippen molar-refractivity contribution in [2.45, 2.75) is 0 Å². The molecule has 11 aromatic carbocycles. The van der Waals surface area contributed by atoms with Gasteiger partial charge in [-0.15, -0.1) is 22.7 Å². The van der Waals surface area contributed by atoms with Crippen LogP contribution in [0.2, 0.25) is 0 Å². The van der Waals surface area contributed by atoms with Gasteiger partial charge in [0.15, 0.2) is 0 Å². The third-order valence-electron chi connectivity index (χ3n) is 15.0. The standard InChI is InChI=1S/C68H38N4S2/c1-70-62-60(43-22-10-4-11-23-43)55(40-69)63(72-64-51(34-36-53-49-26-14-16-28-58(49)73-67(53)64)52-35-37-54-50-27-15-17-29-59(50)74-68(54)65(52)72)61(44-24-12-5-13-25-44)66(62)71-56-38-45(41-18-6-2-7-19-41)30-32-47(56)48-33-31-46(39-57(48)71)42-20-8-3-9-21-42/h2-39H. The quantitative estimate of drug-likeness (QED) is 0.153. The van der Waals surface area contributed by atoms with Crippen LogP contribution in [-0.4, -0.2) is 9.13 Å². The Morgan fingerprint density at radius 1 is 0.365 bits per heavy atom. The van der Waals surface area contributed by atoms with Gasteiger partial charge < -0.3 is 9.13 Å². The van der Waals surface area contributed by atoms with Crippen molar-refractivity contribution in [2.75, 3.05) is 0 Å². The van der Waals surface area contributed by atoms with E-state index in [1.807, 2.05) is 36.4 Å². The topological polar surface area (TPSA) is 38.0 Å². The van der Waals surface area contributed by atoms with Crippen LogP contribution < -0.4 is 0 Å². The van der Waals surface area contributed by atoms with Gasteiger partial charge in [0.25, 0.3) is 0 Å². The number of hydrogen-bond acceptors (Lipinski definition) is 3. The Balaban J connectivity index is 1.24. The highest BCUT2D eigenvalue weighted by Crippen LogP contribution is 2.55. The molecule has 74 heavy (non-hydrogen) atoms. The number of aromatic nitrogens is 2. The summed E-state index contributed by atoms with van der Waals surface area (Å²) in [6.07, 6.45) is 0. The molecule has 0 saturated carbocycles. The zero-order valence-corrected chi connectivity index (χ0v) is 41.2. The Kier molecular flexibility index (Phi) is 9.40. The average molecular weight is 975 g/mol. The van der Waals surface area contributed by atoms with Crippen molar-refractivity contribution in [3.05, 3.63) is 248 Å². The number of hydrogen-bond donors (Lipinski definition) is 0. The fraction of sp³-hybridized carbons (Fsp3) is 0. The van der Waals surface area contributed by atoms with Gasteiger partial charge in [0, 0.05) is 63.6 Å². The molecule has 0 atom stereocenters. The van der Waals surface area contributed by atoms with E-state index in [0.717, 1.165) is 103 Å². The average Bonchev–Trinajstić information content (AvgIpc) is 4.24. The van der Waals surface area contributed by atoms with Crippen LogP contribution in [-0.2, 0) is 0 Å². The van der Waals surface area contributed by atoms with Crippen molar-refractivity contribution >= 4 is 112 Å². The van der Waals surface area contributed by atoms with Crippen LogP contribution in [0.5, 0.6) is 0 Å². The number of rotatable bonds is 6. The van der Waals surface area contributed by atoms with Crippen molar-refractivity contribution in [1.29, 1.82) is 5.26 Å². The number of nitrogens with zero attached hydrogens (tertiary/aromatic N) is 4. The molecule has 0 N–H and O–H groups in total. The van der Waals surface area contributed by atoms with Crippen molar-refractivity contribution in [3.63, 3.8) is 0 Å². The molecular weight excluding hydrogens is 937 g/mol. The minimum atomic E-state index is 0.407. The van der Waals surface area contributed by atoms with E-state index in [0.29, 0.717) is 16.8 Å². The lowest BCUT2D eigenvalue weighted by Crippen LogP contribution is -2.09. The van der Waals surface area contributed by atoms with E-state index in [9.17, 15) is 11.8 Å². The Morgan fingerprint density at radius 3 is 1.23 bits per heavy atom. The molecular formula is C68H38N4S2. The first kappa shape index (κ1) is 42.2. The van der Waals surface area contributed by atoms with Gasteiger partial charge in [0.1, 0.15) is 6.07 Å².